The van der Waals surface area contributed by atoms with E-state index in [1.54, 1.807) is 11.3 Å². The summed E-state index contributed by atoms with van der Waals surface area (Å²) in [5.74, 6) is 0.721. The molecule has 1 aromatic carbocycles. The number of anilines is 1. The zero-order valence-corrected chi connectivity index (χ0v) is 11.9. The molecule has 0 amide bonds. The molecule has 0 aliphatic rings. The lowest BCUT2D eigenvalue weighted by Gasteiger charge is -2.09. The zero-order valence-electron chi connectivity index (χ0n) is 10.4. The average Bonchev–Trinajstić information content (AvgIpc) is 2.76. The predicted octanol–water partition coefficient (Wildman–Crippen LogP) is 4.12. The summed E-state index contributed by atoms with van der Waals surface area (Å²) in [6, 6.07) is 5.72. The summed E-state index contributed by atoms with van der Waals surface area (Å²) in [7, 11) is 0. The number of aromatic nitrogens is 1. The molecule has 2 aromatic rings. The van der Waals surface area contributed by atoms with Gasteiger partial charge in [-0.15, -0.1) is 11.3 Å². The molecule has 0 saturated carbocycles. The molecule has 5 heteroatoms. The summed E-state index contributed by atoms with van der Waals surface area (Å²) in [5.41, 5.74) is 0.981. The Kier molecular flexibility index (Phi) is 4.44. The van der Waals surface area contributed by atoms with Gasteiger partial charge in [-0.3, -0.25) is 0 Å². The van der Waals surface area contributed by atoms with Gasteiger partial charge in [-0.1, -0.05) is 11.6 Å². The molecule has 96 valence electrons. The fraction of sp³-hybridized carbons (Fsp3) is 0.308. The molecule has 1 aromatic heterocycles. The Morgan fingerprint density at radius 3 is 2.89 bits per heavy atom. The van der Waals surface area contributed by atoms with Crippen LogP contribution < -0.4 is 10.1 Å². The molecule has 0 aliphatic carbocycles. The lowest BCUT2D eigenvalue weighted by atomic mass is 10.3. The molecule has 3 nitrogen and oxygen atoms in total. The summed E-state index contributed by atoms with van der Waals surface area (Å²) in [6.45, 7) is 5.32. The van der Waals surface area contributed by atoms with Crippen LogP contribution >= 0.6 is 22.9 Å². The van der Waals surface area contributed by atoms with Gasteiger partial charge in [-0.25, -0.2) is 4.98 Å². The van der Waals surface area contributed by atoms with Crippen molar-refractivity contribution in [2.75, 3.05) is 11.9 Å². The van der Waals surface area contributed by atoms with E-state index < -0.39 is 0 Å². The van der Waals surface area contributed by atoms with Gasteiger partial charge in [0.15, 0.2) is 0 Å². The van der Waals surface area contributed by atoms with Crippen molar-refractivity contribution in [3.63, 3.8) is 0 Å². The maximum atomic E-state index is 6.12. The summed E-state index contributed by atoms with van der Waals surface area (Å²) >= 11 is 7.81. The van der Waals surface area contributed by atoms with E-state index in [4.69, 9.17) is 16.3 Å². The first-order chi connectivity index (χ1) is 8.69. The van der Waals surface area contributed by atoms with Gasteiger partial charge in [0.05, 0.1) is 23.2 Å². The molecule has 0 fully saturated rings. The molecule has 0 atom stereocenters. The van der Waals surface area contributed by atoms with Crippen LogP contribution in [-0.4, -0.2) is 11.6 Å². The summed E-state index contributed by atoms with van der Waals surface area (Å²) in [4.78, 5) is 5.42. The Morgan fingerprint density at radius 1 is 1.44 bits per heavy atom. The number of halogens is 1. The number of nitrogens with zero attached hydrogens (tertiary/aromatic N) is 1. The van der Waals surface area contributed by atoms with Crippen LogP contribution in [0.15, 0.2) is 24.4 Å². The van der Waals surface area contributed by atoms with Crippen LogP contribution in [0.2, 0.25) is 5.02 Å². The van der Waals surface area contributed by atoms with Crippen LogP contribution in [0.5, 0.6) is 5.75 Å². The number of thiazole rings is 1. The van der Waals surface area contributed by atoms with Crippen LogP contribution in [0.25, 0.3) is 0 Å². The smallest absolute Gasteiger partial charge is 0.138 e. The normalized spacial score (nSPS) is 10.4. The third kappa shape index (κ3) is 3.37. The molecule has 0 aliphatic heterocycles. The number of nitrogens with one attached hydrogen (secondary N) is 1. The van der Waals surface area contributed by atoms with Gasteiger partial charge < -0.3 is 10.1 Å². The van der Waals surface area contributed by atoms with Gasteiger partial charge in [0, 0.05) is 16.8 Å². The number of hydrogen-bond donors (Lipinski definition) is 1. The zero-order chi connectivity index (χ0) is 13.0. The van der Waals surface area contributed by atoms with E-state index in [9.17, 15) is 0 Å². The molecule has 0 unspecified atom stereocenters. The van der Waals surface area contributed by atoms with Gasteiger partial charge in [-0.05, 0) is 32.0 Å². The van der Waals surface area contributed by atoms with Crippen LogP contribution in [0.1, 0.15) is 16.8 Å². The highest BCUT2D eigenvalue weighted by Crippen LogP contribution is 2.28. The molecule has 1 heterocycles. The first kappa shape index (κ1) is 13.2. The first-order valence-electron chi connectivity index (χ1n) is 5.76. The number of rotatable bonds is 5. The van der Waals surface area contributed by atoms with E-state index >= 15 is 0 Å². The van der Waals surface area contributed by atoms with Crippen molar-refractivity contribution in [1.82, 2.24) is 4.98 Å². The maximum Gasteiger partial charge on any atom is 0.138 e. The lowest BCUT2D eigenvalue weighted by molar-refractivity contribution is 0.340. The van der Waals surface area contributed by atoms with Crippen LogP contribution in [-0.2, 0) is 6.54 Å². The Hall–Kier alpha value is -1.26. The van der Waals surface area contributed by atoms with Crippen LogP contribution in [0.3, 0.4) is 0 Å². The number of benzene rings is 1. The number of aryl methyl sites for hydroxylation is 1. The standard InChI is InChI=1S/C13H15ClN2OS/c1-3-17-13-5-4-10(6-12(13)14)16-8-11-7-15-9(2)18-11/h4-7,16H,3,8H2,1-2H3. The van der Waals surface area contributed by atoms with Gasteiger partial charge >= 0.3 is 0 Å². The van der Waals surface area contributed by atoms with Crippen molar-refractivity contribution < 1.29 is 4.74 Å². The maximum absolute atomic E-state index is 6.12. The van der Waals surface area contributed by atoms with Crippen LogP contribution in [0, 0.1) is 6.92 Å². The second-order valence-electron chi connectivity index (χ2n) is 3.78. The molecule has 18 heavy (non-hydrogen) atoms. The largest absolute Gasteiger partial charge is 0.492 e. The second kappa shape index (κ2) is 6.07. The van der Waals surface area contributed by atoms with Gasteiger partial charge in [0.1, 0.15) is 5.75 Å². The van der Waals surface area contributed by atoms with Crippen LogP contribution in [0.4, 0.5) is 5.69 Å². The van der Waals surface area contributed by atoms with Crippen molar-refractivity contribution in [3.05, 3.63) is 39.3 Å². The molecular weight excluding hydrogens is 268 g/mol. The van der Waals surface area contributed by atoms with Gasteiger partial charge in [0.25, 0.3) is 0 Å². The van der Waals surface area contributed by atoms with E-state index in [0.717, 1.165) is 23.0 Å². The highest BCUT2D eigenvalue weighted by atomic mass is 35.5. The monoisotopic (exact) mass is 282 g/mol. The van der Waals surface area contributed by atoms with E-state index in [-0.39, 0.29) is 0 Å². The molecule has 0 spiro atoms. The summed E-state index contributed by atoms with van der Waals surface area (Å²) in [5, 5.41) is 5.02. The van der Waals surface area contributed by atoms with E-state index in [0.29, 0.717) is 11.6 Å². The van der Waals surface area contributed by atoms with Crippen molar-refractivity contribution >= 4 is 28.6 Å². The molecule has 0 radical (unpaired) electrons. The van der Waals surface area contributed by atoms with Crippen molar-refractivity contribution in [2.45, 2.75) is 20.4 Å². The highest BCUT2D eigenvalue weighted by molar-refractivity contribution is 7.11. The molecule has 0 bridgehead atoms. The number of ether oxygens (including phenoxy) is 1. The quantitative estimate of drug-likeness (QED) is 0.896. The van der Waals surface area contributed by atoms with Gasteiger partial charge in [-0.2, -0.15) is 0 Å². The SMILES string of the molecule is CCOc1ccc(NCc2cnc(C)s2)cc1Cl. The summed E-state index contributed by atoms with van der Waals surface area (Å²) < 4.78 is 5.39. The number of hydrogen-bond acceptors (Lipinski definition) is 4. The van der Waals surface area contributed by atoms with Crippen molar-refractivity contribution in [2.24, 2.45) is 0 Å². The minimum Gasteiger partial charge on any atom is -0.492 e. The Balaban J connectivity index is 1.99. The molecule has 0 saturated heterocycles. The van der Waals surface area contributed by atoms with E-state index in [2.05, 4.69) is 10.3 Å². The van der Waals surface area contributed by atoms with E-state index in [1.807, 2.05) is 38.2 Å². The molecular formula is C13H15ClN2OS. The third-order valence-corrected chi connectivity index (χ3v) is 3.58. The second-order valence-corrected chi connectivity index (χ2v) is 5.50. The first-order valence-corrected chi connectivity index (χ1v) is 6.96. The third-order valence-electron chi connectivity index (χ3n) is 2.37. The Labute approximate surface area is 116 Å². The fourth-order valence-electron chi connectivity index (χ4n) is 1.56. The highest BCUT2D eigenvalue weighted by Gasteiger charge is 2.03. The molecule has 1 N–H and O–H groups in total. The summed E-state index contributed by atoms with van der Waals surface area (Å²) in [6.07, 6.45) is 1.89. The fourth-order valence-corrected chi connectivity index (χ4v) is 2.53. The Morgan fingerprint density at radius 2 is 2.28 bits per heavy atom. The topological polar surface area (TPSA) is 34.1 Å². The predicted molar refractivity (Wildman–Crippen MR) is 76.8 cm³/mol. The van der Waals surface area contributed by atoms with Gasteiger partial charge in [0.2, 0.25) is 0 Å². The average molecular weight is 283 g/mol. The molecule has 2 rings (SSSR count). The van der Waals surface area contributed by atoms with Crippen molar-refractivity contribution in [3.8, 4) is 5.75 Å². The Bertz CT molecular complexity index is 527. The lowest BCUT2D eigenvalue weighted by Crippen LogP contribution is -1.98. The minimum absolute atomic E-state index is 0.618. The van der Waals surface area contributed by atoms with Crippen molar-refractivity contribution in [1.29, 1.82) is 0 Å². The van der Waals surface area contributed by atoms with E-state index in [1.165, 1.54) is 4.88 Å². The minimum atomic E-state index is 0.618.